The number of aliphatic carboxylic acids is 1. The zero-order valence-electron chi connectivity index (χ0n) is 9.44. The number of carboxylic acid groups (broad SMARTS) is 1. The largest absolute Gasteiger partial charge is 0.481 e. The molecule has 1 atom stereocenters. The van der Waals surface area contributed by atoms with Crippen molar-refractivity contribution in [3.05, 3.63) is 35.5 Å². The maximum atomic E-state index is 13.1. The van der Waals surface area contributed by atoms with E-state index < -0.39 is 17.7 Å². The van der Waals surface area contributed by atoms with E-state index in [2.05, 4.69) is 9.97 Å². The van der Waals surface area contributed by atoms with Crippen LogP contribution in [0.4, 0.5) is 4.39 Å². The molecule has 0 aliphatic heterocycles. The van der Waals surface area contributed by atoms with Crippen LogP contribution in [-0.4, -0.2) is 21.0 Å². The summed E-state index contributed by atoms with van der Waals surface area (Å²) in [6.07, 6.45) is 0. The number of halogens is 1. The molecule has 0 aliphatic carbocycles. The molecule has 0 fully saturated rings. The highest BCUT2D eigenvalue weighted by atomic mass is 19.1. The van der Waals surface area contributed by atoms with Crippen molar-refractivity contribution in [2.24, 2.45) is 0 Å². The summed E-state index contributed by atoms with van der Waals surface area (Å²) in [5.74, 6) is -2.00. The van der Waals surface area contributed by atoms with Crippen molar-refractivity contribution in [1.29, 1.82) is 0 Å². The second kappa shape index (κ2) is 4.08. The Morgan fingerprint density at radius 2 is 2.12 bits per heavy atom. The topological polar surface area (TPSA) is 63.1 Å². The summed E-state index contributed by atoms with van der Waals surface area (Å²) < 4.78 is 13.1. The van der Waals surface area contributed by atoms with Gasteiger partial charge in [-0.2, -0.15) is 0 Å². The third kappa shape index (κ3) is 2.08. The molecule has 0 bridgehead atoms. The summed E-state index contributed by atoms with van der Waals surface area (Å²) in [7, 11) is 0. The maximum Gasteiger partial charge on any atom is 0.313 e. The van der Waals surface area contributed by atoms with Gasteiger partial charge < -0.3 is 5.11 Å². The number of benzene rings is 1. The lowest BCUT2D eigenvalue weighted by molar-refractivity contribution is -0.138. The van der Waals surface area contributed by atoms with Crippen LogP contribution in [0.3, 0.4) is 0 Å². The summed E-state index contributed by atoms with van der Waals surface area (Å²) >= 11 is 0. The van der Waals surface area contributed by atoms with Crippen LogP contribution < -0.4 is 0 Å². The summed E-state index contributed by atoms with van der Waals surface area (Å²) in [6, 6.07) is 4.20. The van der Waals surface area contributed by atoms with Crippen LogP contribution in [0.25, 0.3) is 10.9 Å². The van der Waals surface area contributed by atoms with Gasteiger partial charge in [0.1, 0.15) is 17.6 Å². The molecule has 0 aliphatic rings. The molecule has 5 heteroatoms. The van der Waals surface area contributed by atoms with Crippen molar-refractivity contribution in [3.63, 3.8) is 0 Å². The van der Waals surface area contributed by atoms with Gasteiger partial charge in [0, 0.05) is 17.1 Å². The van der Waals surface area contributed by atoms with E-state index >= 15 is 0 Å². The minimum atomic E-state index is -1.000. The lowest BCUT2D eigenvalue weighted by atomic mass is 10.1. The zero-order valence-corrected chi connectivity index (χ0v) is 9.44. The van der Waals surface area contributed by atoms with Crippen LogP contribution in [0.15, 0.2) is 18.2 Å². The van der Waals surface area contributed by atoms with Crippen LogP contribution >= 0.6 is 0 Å². The molecule has 4 nitrogen and oxygen atoms in total. The van der Waals surface area contributed by atoms with E-state index in [9.17, 15) is 9.18 Å². The Kier molecular flexibility index (Phi) is 2.75. The number of fused-ring (bicyclic) bond motifs is 1. The van der Waals surface area contributed by atoms with E-state index in [0.29, 0.717) is 11.2 Å². The van der Waals surface area contributed by atoms with Gasteiger partial charge in [-0.3, -0.25) is 4.79 Å². The number of carboxylic acids is 1. The average Bonchev–Trinajstić information content (AvgIpc) is 2.27. The fourth-order valence-electron chi connectivity index (χ4n) is 1.59. The first-order valence-electron chi connectivity index (χ1n) is 5.15. The van der Waals surface area contributed by atoms with Gasteiger partial charge in [-0.05, 0) is 26.0 Å². The van der Waals surface area contributed by atoms with Gasteiger partial charge in [-0.15, -0.1) is 0 Å². The van der Waals surface area contributed by atoms with Crippen molar-refractivity contribution in [1.82, 2.24) is 9.97 Å². The summed E-state index contributed by atoms with van der Waals surface area (Å²) in [6.45, 7) is 3.25. The first kappa shape index (κ1) is 11.4. The van der Waals surface area contributed by atoms with Gasteiger partial charge in [0.05, 0.1) is 5.52 Å². The van der Waals surface area contributed by atoms with Crippen LogP contribution in [0.2, 0.25) is 0 Å². The Morgan fingerprint density at radius 3 is 2.76 bits per heavy atom. The van der Waals surface area contributed by atoms with Gasteiger partial charge in [-0.1, -0.05) is 0 Å². The standard InChI is InChI=1S/C12H11FN2O2/c1-6(12(16)17)11-14-7(2)9-4-3-8(13)5-10(9)15-11/h3-6H,1-2H3,(H,16,17). The molecule has 17 heavy (non-hydrogen) atoms. The molecule has 0 radical (unpaired) electrons. The second-order valence-electron chi connectivity index (χ2n) is 3.89. The number of carbonyl (C=O) groups is 1. The highest BCUT2D eigenvalue weighted by Crippen LogP contribution is 2.20. The molecule has 0 spiro atoms. The van der Waals surface area contributed by atoms with Gasteiger partial charge >= 0.3 is 5.97 Å². The number of aromatic nitrogens is 2. The number of hydrogen-bond acceptors (Lipinski definition) is 3. The van der Waals surface area contributed by atoms with E-state index in [1.165, 1.54) is 19.1 Å². The van der Waals surface area contributed by atoms with Crippen LogP contribution in [0.1, 0.15) is 24.4 Å². The summed E-state index contributed by atoms with van der Waals surface area (Å²) in [5.41, 5.74) is 1.08. The molecule has 2 rings (SSSR count). The Balaban J connectivity index is 2.65. The molecule has 1 heterocycles. The second-order valence-corrected chi connectivity index (χ2v) is 3.89. The van der Waals surface area contributed by atoms with Crippen molar-refractivity contribution in [2.45, 2.75) is 19.8 Å². The predicted octanol–water partition coefficient (Wildman–Crippen LogP) is 2.27. The quantitative estimate of drug-likeness (QED) is 0.865. The normalized spacial score (nSPS) is 12.6. The predicted molar refractivity (Wildman–Crippen MR) is 60.3 cm³/mol. The van der Waals surface area contributed by atoms with Crippen molar-refractivity contribution < 1.29 is 14.3 Å². The van der Waals surface area contributed by atoms with Crippen LogP contribution in [0, 0.1) is 12.7 Å². The highest BCUT2D eigenvalue weighted by molar-refractivity contribution is 5.82. The number of rotatable bonds is 2. The Bertz CT molecular complexity index is 598. The van der Waals surface area contributed by atoms with E-state index in [0.717, 1.165) is 5.39 Å². The molecule has 2 aromatic rings. The summed E-state index contributed by atoms with van der Waals surface area (Å²) in [5, 5.41) is 9.63. The highest BCUT2D eigenvalue weighted by Gasteiger charge is 2.18. The first-order valence-corrected chi connectivity index (χ1v) is 5.15. The zero-order chi connectivity index (χ0) is 12.6. The minimum absolute atomic E-state index is 0.202. The maximum absolute atomic E-state index is 13.1. The molecule has 1 aromatic heterocycles. The fourth-order valence-corrected chi connectivity index (χ4v) is 1.59. The summed E-state index contributed by atoms with van der Waals surface area (Å²) in [4.78, 5) is 19.1. The molecular weight excluding hydrogens is 223 g/mol. The average molecular weight is 234 g/mol. The smallest absolute Gasteiger partial charge is 0.313 e. The minimum Gasteiger partial charge on any atom is -0.481 e. The van der Waals surface area contributed by atoms with E-state index in [1.807, 2.05) is 0 Å². The molecule has 1 aromatic carbocycles. The fraction of sp³-hybridized carbons (Fsp3) is 0.250. The van der Waals surface area contributed by atoms with Crippen LogP contribution in [0.5, 0.6) is 0 Å². The first-order chi connectivity index (χ1) is 7.99. The third-order valence-electron chi connectivity index (χ3n) is 2.62. The Hall–Kier alpha value is -2.04. The third-order valence-corrected chi connectivity index (χ3v) is 2.62. The molecule has 0 amide bonds. The van der Waals surface area contributed by atoms with Crippen molar-refractivity contribution in [2.75, 3.05) is 0 Å². The van der Waals surface area contributed by atoms with E-state index in [4.69, 9.17) is 5.11 Å². The SMILES string of the molecule is Cc1nc(C(C)C(=O)O)nc2cc(F)ccc12. The van der Waals surface area contributed by atoms with Gasteiger partial charge in [-0.25, -0.2) is 14.4 Å². The molecule has 0 saturated heterocycles. The van der Waals surface area contributed by atoms with E-state index in [1.54, 1.807) is 13.0 Å². The lowest BCUT2D eigenvalue weighted by Crippen LogP contribution is -2.12. The monoisotopic (exact) mass is 234 g/mol. The molecule has 1 N–H and O–H groups in total. The number of nitrogens with zero attached hydrogens (tertiary/aromatic N) is 2. The van der Waals surface area contributed by atoms with Gasteiger partial charge in [0.15, 0.2) is 0 Å². The molecule has 88 valence electrons. The number of aryl methyl sites for hydroxylation is 1. The molecule has 1 unspecified atom stereocenters. The number of hydrogen-bond donors (Lipinski definition) is 1. The Labute approximate surface area is 97.1 Å². The van der Waals surface area contributed by atoms with Crippen LogP contribution in [-0.2, 0) is 4.79 Å². The lowest BCUT2D eigenvalue weighted by Gasteiger charge is -2.08. The van der Waals surface area contributed by atoms with Crippen molar-refractivity contribution in [3.8, 4) is 0 Å². The Morgan fingerprint density at radius 1 is 1.41 bits per heavy atom. The molecular formula is C12H11FN2O2. The van der Waals surface area contributed by atoms with Gasteiger partial charge in [0.2, 0.25) is 0 Å². The van der Waals surface area contributed by atoms with E-state index in [-0.39, 0.29) is 5.82 Å². The molecule has 0 saturated carbocycles. The van der Waals surface area contributed by atoms with Gasteiger partial charge in [0.25, 0.3) is 0 Å². The van der Waals surface area contributed by atoms with Crippen molar-refractivity contribution >= 4 is 16.9 Å².